The van der Waals surface area contributed by atoms with E-state index >= 15 is 0 Å². The number of hydrogen-bond donors (Lipinski definition) is 11. The molecule has 3 fully saturated rings. The molecule has 0 bridgehead atoms. The lowest BCUT2D eigenvalue weighted by atomic mass is 9.96. The van der Waals surface area contributed by atoms with Crippen molar-refractivity contribution >= 4 is 194 Å². The van der Waals surface area contributed by atoms with Crippen molar-refractivity contribution in [1.29, 1.82) is 0 Å². The quantitative estimate of drug-likeness (QED) is 0.0130. The highest BCUT2D eigenvalue weighted by atomic mass is 35.5. The van der Waals surface area contributed by atoms with Crippen molar-refractivity contribution in [3.8, 4) is 28.7 Å². The maximum atomic E-state index is 6.32. The molecule has 19 rings (SSSR count). The van der Waals surface area contributed by atoms with Crippen LogP contribution in [0.3, 0.4) is 0 Å². The van der Waals surface area contributed by atoms with Crippen LogP contribution in [0.2, 0.25) is 15.1 Å². The van der Waals surface area contributed by atoms with Crippen LogP contribution in [0.15, 0.2) is 212 Å². The number of rotatable bonds is 35. The summed E-state index contributed by atoms with van der Waals surface area (Å²) in [5.74, 6) is 8.67. The van der Waals surface area contributed by atoms with E-state index in [0.717, 1.165) is 206 Å². The van der Waals surface area contributed by atoms with Crippen molar-refractivity contribution in [2.24, 2.45) is 0 Å². The van der Waals surface area contributed by atoms with Gasteiger partial charge in [-0.15, -0.1) is 0 Å². The number of methoxy groups -OCH3 is 5. The molecule has 0 atom stereocenters. The van der Waals surface area contributed by atoms with Crippen molar-refractivity contribution < 1.29 is 23.7 Å². The van der Waals surface area contributed by atoms with E-state index in [2.05, 4.69) is 138 Å². The van der Waals surface area contributed by atoms with Crippen LogP contribution in [-0.2, 0) is 6.42 Å². The number of ether oxygens (including phenoxy) is 5. The lowest BCUT2D eigenvalue weighted by Crippen LogP contribution is -2.47. The van der Waals surface area contributed by atoms with Crippen LogP contribution >= 0.6 is 34.8 Å². The zero-order valence-corrected chi connectivity index (χ0v) is 79.3. The Bertz CT molecular complexity index is 6750. The molecule has 0 amide bonds. The molecule has 2 saturated carbocycles. The van der Waals surface area contributed by atoms with Gasteiger partial charge in [0.1, 0.15) is 28.7 Å². The minimum atomic E-state index is 0.359. The van der Waals surface area contributed by atoms with E-state index in [1.165, 1.54) is 49.8 Å². The third-order valence-corrected chi connectivity index (χ3v) is 24.9. The summed E-state index contributed by atoms with van der Waals surface area (Å²) in [5.41, 5.74) is 13.4. The Morgan fingerprint density at radius 1 is 0.294 bits per heavy atom. The monoisotopic (exact) mass is 1880 g/mol. The number of nitrogens with zero attached hydrogens (tertiary/aromatic N) is 14. The molecule has 0 unspecified atom stereocenters. The maximum Gasteiger partial charge on any atom is 0.233 e. The first-order chi connectivity index (χ1) is 66.7. The fourth-order valence-corrected chi connectivity index (χ4v) is 17.5. The first-order valence-electron chi connectivity index (χ1n) is 46.4. The second-order valence-electron chi connectivity index (χ2n) is 33.4. The Labute approximate surface area is 805 Å². The van der Waals surface area contributed by atoms with E-state index in [1.54, 1.807) is 35.5 Å². The van der Waals surface area contributed by atoms with Crippen LogP contribution in [0, 0.1) is 0 Å². The average Bonchev–Trinajstić information content (AvgIpc) is 0.772. The fourth-order valence-electron chi connectivity index (χ4n) is 17.0. The molecule has 2 aliphatic carbocycles. The van der Waals surface area contributed by atoms with Crippen molar-refractivity contribution in [2.45, 2.75) is 102 Å². The number of aryl methyl sites for hydroxylation is 1. The number of fused-ring (bicyclic) bond motifs is 6. The second kappa shape index (κ2) is 45.5. The number of halogens is 3. The number of nitrogens with one attached hydrogen (secondary N) is 11. The molecule has 7 heterocycles. The number of hydrogen-bond acceptors (Lipinski definition) is 30. The van der Waals surface area contributed by atoms with Gasteiger partial charge in [0.05, 0.1) is 85.7 Å². The van der Waals surface area contributed by atoms with Crippen molar-refractivity contribution in [3.63, 3.8) is 0 Å². The Kier molecular flexibility index (Phi) is 31.2. The number of aromatic nitrogens is 12. The van der Waals surface area contributed by atoms with Gasteiger partial charge in [-0.25, -0.2) is 15.0 Å². The molecular weight excluding hydrogens is 1770 g/mol. The van der Waals surface area contributed by atoms with Crippen molar-refractivity contribution in [3.05, 3.63) is 233 Å². The molecule has 33 heteroatoms. The van der Waals surface area contributed by atoms with Crippen molar-refractivity contribution in [2.75, 3.05) is 169 Å². The third-order valence-electron chi connectivity index (χ3n) is 24.2. The molecule has 6 aromatic heterocycles. The highest BCUT2D eigenvalue weighted by Crippen LogP contribution is 2.39. The van der Waals surface area contributed by atoms with Gasteiger partial charge in [-0.1, -0.05) is 105 Å². The molecule has 700 valence electrons. The molecule has 10 aromatic carbocycles. The molecule has 11 N–H and O–H groups in total. The minimum absolute atomic E-state index is 0.359. The molecule has 30 nitrogen and oxygen atoms in total. The first kappa shape index (κ1) is 93.3. The SMILES string of the molecule is CCc1ccc2nc3cc(Cl)ccc3c(NCCCNc3nc(Nc4ccc(OC)cc4)nc(NC4CCCCC4)n3)c2c1.COc1ccc(Nc2nc(NCCCNc3c4ccc(Cl)cc4nc4ccc(OC)cc34)nc(N3CCN(c4ccccc4)CC3)n2)cc1.COc1ccc(Nc2nc(NCCNc3c4ccc(Cl)cc4nc4ccc(OC)cc34)nc(NC3CCCCC3)n2)cc1. The predicted octanol–water partition coefficient (Wildman–Crippen LogP) is 22.7. The van der Waals surface area contributed by atoms with E-state index in [-0.39, 0.29) is 0 Å². The molecule has 0 spiro atoms. The van der Waals surface area contributed by atoms with Gasteiger partial charge < -0.3 is 92.0 Å². The van der Waals surface area contributed by atoms with E-state index < -0.39 is 0 Å². The molecule has 136 heavy (non-hydrogen) atoms. The normalized spacial score (nSPS) is 13.4. The Morgan fingerprint density at radius 2 is 0.632 bits per heavy atom. The average molecular weight is 1890 g/mol. The first-order valence-corrected chi connectivity index (χ1v) is 47.5. The lowest BCUT2D eigenvalue weighted by molar-refractivity contribution is 0.415. The van der Waals surface area contributed by atoms with E-state index in [9.17, 15) is 0 Å². The van der Waals surface area contributed by atoms with Gasteiger partial charge in [0.15, 0.2) is 0 Å². The zero-order chi connectivity index (χ0) is 93.5. The molecule has 1 aliphatic heterocycles. The van der Waals surface area contributed by atoms with Crippen LogP contribution in [-0.4, -0.2) is 173 Å². The second-order valence-corrected chi connectivity index (χ2v) is 34.7. The molecule has 0 radical (unpaired) electrons. The third kappa shape index (κ3) is 24.4. The Morgan fingerprint density at radius 3 is 1.05 bits per heavy atom. The highest BCUT2D eigenvalue weighted by Gasteiger charge is 2.25. The van der Waals surface area contributed by atoms with Crippen LogP contribution in [0.5, 0.6) is 28.7 Å². The molecule has 16 aromatic rings. The predicted molar refractivity (Wildman–Crippen MR) is 556 cm³/mol. The number of piperazine rings is 1. The van der Waals surface area contributed by atoms with Gasteiger partial charge in [-0.05, 0) is 239 Å². The number of benzene rings is 10. The summed E-state index contributed by atoms with van der Waals surface area (Å²) in [7, 11) is 8.29. The van der Waals surface area contributed by atoms with Crippen molar-refractivity contribution in [1.82, 2.24) is 59.8 Å². The molecule has 1 saturated heterocycles. The summed E-state index contributed by atoms with van der Waals surface area (Å²) in [5, 5.41) is 46.3. The zero-order valence-electron chi connectivity index (χ0n) is 77.1. The van der Waals surface area contributed by atoms with Gasteiger partial charge in [0.2, 0.25) is 53.5 Å². The van der Waals surface area contributed by atoms with E-state index in [4.69, 9.17) is 98.4 Å². The summed E-state index contributed by atoms with van der Waals surface area (Å²) in [6, 6.07) is 70.0. The standard InChI is InChI=1S/C37H38ClN9O2.C34H39ClN8O.C32H35ClN8O2/c1-48-28-12-10-26(11-13-28)41-36-43-35(44-37(45-36)47-21-19-46(20-22-47)27-7-4-3-5-8-27)40-18-6-17-39-34-30-15-9-25(38)23-33(30)42-32-16-14-29(49-2)24-31(32)34;1-3-22-10-17-29-28(20-22)31(27-16-11-23(35)21-30(27)40-29)36-18-7-19-37-32-41-33(38-24-8-5-4-6-9-24)43-34(42-32)39-25-12-14-26(44-2)15-13-25;1-42-23-11-9-22(10-12-23)37-32-40-30(39-31(41-32)36-21-6-4-3-5-7-21)35-17-16-34-29-25-14-8-20(33)18-28(25)38-27-15-13-24(43-2)19-26(27)29/h3-5,7-16,23-24H,6,17-22H2,1-2H3,(H,39,42)(H2,40,41,43,44,45);10-17,20-21,24H,3-9,18-19H2,1-2H3,(H,36,40)(H3,37,38,39,41,42,43);8-15,18-19,21H,3-7,16-17H2,1-2H3,(H,34,38)(H3,35,36,37,39,40,41). The summed E-state index contributed by atoms with van der Waals surface area (Å²) < 4.78 is 26.9. The largest absolute Gasteiger partial charge is 0.497 e. The topological polar surface area (TPSA) is 340 Å². The molecular formula is C103H112Cl3N25O5. The van der Waals surface area contributed by atoms with E-state index in [1.807, 2.05) is 170 Å². The van der Waals surface area contributed by atoms with Gasteiger partial charge >= 0.3 is 0 Å². The number of anilines is 16. The van der Waals surface area contributed by atoms with Gasteiger partial charge in [-0.3, -0.25) is 0 Å². The smallest absolute Gasteiger partial charge is 0.233 e. The van der Waals surface area contributed by atoms with Crippen LogP contribution in [0.4, 0.5) is 93.3 Å². The fraction of sp³-hybridized carbons (Fsp3) is 0.301. The number of pyridine rings is 3. The maximum absolute atomic E-state index is 6.32. The lowest BCUT2D eigenvalue weighted by Gasteiger charge is -2.36. The Hall–Kier alpha value is -14.5. The van der Waals surface area contributed by atoms with Crippen LogP contribution in [0.1, 0.15) is 89.5 Å². The summed E-state index contributed by atoms with van der Waals surface area (Å²) in [6.45, 7) is 9.50. The van der Waals surface area contributed by atoms with Crippen LogP contribution < -0.4 is 92.0 Å². The van der Waals surface area contributed by atoms with Gasteiger partial charge in [0.25, 0.3) is 0 Å². The Balaban J connectivity index is 0.000000142. The summed E-state index contributed by atoms with van der Waals surface area (Å²) >= 11 is 18.9. The summed E-state index contributed by atoms with van der Waals surface area (Å²) in [4.78, 5) is 61.6. The van der Waals surface area contributed by atoms with E-state index in [0.29, 0.717) is 113 Å². The van der Waals surface area contributed by atoms with Crippen LogP contribution in [0.25, 0.3) is 65.4 Å². The van der Waals surface area contributed by atoms with Gasteiger partial charge in [-0.2, -0.15) is 44.9 Å². The van der Waals surface area contributed by atoms with Gasteiger partial charge in [0, 0.05) is 148 Å². The number of para-hydroxylation sites is 1. The minimum Gasteiger partial charge on any atom is -0.497 e. The highest BCUT2D eigenvalue weighted by molar-refractivity contribution is 6.32. The molecule has 3 aliphatic rings. The summed E-state index contributed by atoms with van der Waals surface area (Å²) in [6.07, 6.45) is 14.6.